The highest BCUT2D eigenvalue weighted by molar-refractivity contribution is 7.86. The summed E-state index contributed by atoms with van der Waals surface area (Å²) in [5.41, 5.74) is -0.486. The van der Waals surface area contributed by atoms with Crippen LogP contribution >= 0.6 is 0 Å². The molecule has 2 atom stereocenters. The molecule has 15 heavy (non-hydrogen) atoms. The van der Waals surface area contributed by atoms with Gasteiger partial charge in [0.25, 0.3) is 0 Å². The Hall–Kier alpha value is 0.110. The van der Waals surface area contributed by atoms with E-state index in [0.29, 0.717) is 10.5 Å². The Balaban J connectivity index is 2.02. The van der Waals surface area contributed by atoms with Gasteiger partial charge in [-0.05, 0) is 32.1 Å². The van der Waals surface area contributed by atoms with Crippen LogP contribution in [0.3, 0.4) is 0 Å². The van der Waals surface area contributed by atoms with Gasteiger partial charge in [-0.1, -0.05) is 26.2 Å². The van der Waals surface area contributed by atoms with Gasteiger partial charge < -0.3 is 5.11 Å². The molecule has 2 aliphatic rings. The molecule has 0 spiro atoms. The van der Waals surface area contributed by atoms with Crippen molar-refractivity contribution in [1.29, 1.82) is 0 Å². The second kappa shape index (κ2) is 4.54. The van der Waals surface area contributed by atoms with Crippen molar-refractivity contribution in [3.05, 3.63) is 0 Å². The lowest BCUT2D eigenvalue weighted by Crippen LogP contribution is -2.48. The molecular weight excluding hydrogens is 208 g/mol. The summed E-state index contributed by atoms with van der Waals surface area (Å²) in [5, 5.41) is 11.1. The SMILES string of the molecule is CCCCC1(O)CC2CCCC(C1)S2=O. The standard InChI is InChI=1S/C12H22O2S/c1-2-3-7-12(13)8-10-5-4-6-11(9-12)15(10)14/h10-11,13H,2-9H2,1H3. The Labute approximate surface area is 94.9 Å². The highest BCUT2D eigenvalue weighted by Crippen LogP contribution is 2.41. The fourth-order valence-corrected chi connectivity index (χ4v) is 5.38. The monoisotopic (exact) mass is 230 g/mol. The van der Waals surface area contributed by atoms with Crippen molar-refractivity contribution in [3.8, 4) is 0 Å². The quantitative estimate of drug-likeness (QED) is 0.808. The molecule has 2 bridgehead atoms. The van der Waals surface area contributed by atoms with E-state index in [1.54, 1.807) is 0 Å². The van der Waals surface area contributed by atoms with Gasteiger partial charge in [0.15, 0.2) is 0 Å². The lowest BCUT2D eigenvalue weighted by molar-refractivity contribution is 0.00127. The lowest BCUT2D eigenvalue weighted by Gasteiger charge is -2.43. The van der Waals surface area contributed by atoms with Crippen LogP contribution in [0.1, 0.15) is 58.3 Å². The number of fused-ring (bicyclic) bond motifs is 2. The Morgan fingerprint density at radius 2 is 1.93 bits per heavy atom. The van der Waals surface area contributed by atoms with Crippen LogP contribution in [0, 0.1) is 0 Å². The summed E-state index contributed by atoms with van der Waals surface area (Å²) in [5.74, 6) is 0. The van der Waals surface area contributed by atoms with E-state index < -0.39 is 16.4 Å². The second-order valence-electron chi connectivity index (χ2n) is 5.24. The van der Waals surface area contributed by atoms with Crippen molar-refractivity contribution in [3.63, 3.8) is 0 Å². The van der Waals surface area contributed by atoms with Gasteiger partial charge in [0.2, 0.25) is 0 Å². The first-order valence-electron chi connectivity index (χ1n) is 6.26. The molecule has 0 saturated carbocycles. The van der Waals surface area contributed by atoms with Crippen molar-refractivity contribution in [2.24, 2.45) is 0 Å². The molecule has 0 aliphatic carbocycles. The molecule has 0 amide bonds. The van der Waals surface area contributed by atoms with E-state index in [1.165, 1.54) is 6.42 Å². The van der Waals surface area contributed by atoms with Gasteiger partial charge in [0, 0.05) is 21.3 Å². The third kappa shape index (κ3) is 2.44. The topological polar surface area (TPSA) is 37.3 Å². The van der Waals surface area contributed by atoms with Crippen LogP contribution in [0.2, 0.25) is 0 Å². The molecule has 2 rings (SSSR count). The molecule has 88 valence electrons. The van der Waals surface area contributed by atoms with E-state index in [-0.39, 0.29) is 0 Å². The fraction of sp³-hybridized carbons (Fsp3) is 1.00. The van der Waals surface area contributed by atoms with Crippen molar-refractivity contribution in [2.75, 3.05) is 0 Å². The number of unbranched alkanes of at least 4 members (excludes halogenated alkanes) is 1. The van der Waals surface area contributed by atoms with Gasteiger partial charge in [-0.2, -0.15) is 0 Å². The normalized spacial score (nSPS) is 45.3. The Morgan fingerprint density at radius 3 is 2.47 bits per heavy atom. The largest absolute Gasteiger partial charge is 0.390 e. The van der Waals surface area contributed by atoms with Gasteiger partial charge in [0.1, 0.15) is 0 Å². The first-order valence-corrected chi connectivity index (χ1v) is 7.54. The first-order chi connectivity index (χ1) is 7.14. The van der Waals surface area contributed by atoms with E-state index in [1.807, 2.05) is 0 Å². The van der Waals surface area contributed by atoms with Crippen LogP contribution in [0.15, 0.2) is 0 Å². The summed E-state index contributed by atoms with van der Waals surface area (Å²) in [4.78, 5) is 0. The second-order valence-corrected chi connectivity index (χ2v) is 7.23. The van der Waals surface area contributed by atoms with Gasteiger partial charge in [-0.3, -0.25) is 4.21 Å². The molecule has 2 saturated heterocycles. The van der Waals surface area contributed by atoms with E-state index >= 15 is 0 Å². The lowest BCUT2D eigenvalue weighted by atomic mass is 9.82. The van der Waals surface area contributed by atoms with Crippen LogP contribution < -0.4 is 0 Å². The molecule has 2 unspecified atom stereocenters. The minimum Gasteiger partial charge on any atom is -0.390 e. The molecule has 0 aromatic heterocycles. The van der Waals surface area contributed by atoms with E-state index in [9.17, 15) is 9.32 Å². The van der Waals surface area contributed by atoms with E-state index in [2.05, 4.69) is 6.92 Å². The predicted molar refractivity (Wildman–Crippen MR) is 63.3 cm³/mol. The Bertz CT molecular complexity index is 236. The maximum Gasteiger partial charge on any atom is 0.0670 e. The smallest absolute Gasteiger partial charge is 0.0670 e. The number of rotatable bonds is 3. The van der Waals surface area contributed by atoms with E-state index in [4.69, 9.17) is 0 Å². The maximum absolute atomic E-state index is 12.0. The molecule has 2 nitrogen and oxygen atoms in total. The molecule has 1 N–H and O–H groups in total. The molecular formula is C12H22O2S. The number of hydrogen-bond donors (Lipinski definition) is 1. The van der Waals surface area contributed by atoms with Crippen LogP contribution in [0.25, 0.3) is 0 Å². The highest BCUT2D eigenvalue weighted by atomic mass is 32.2. The van der Waals surface area contributed by atoms with Gasteiger partial charge >= 0.3 is 0 Å². The van der Waals surface area contributed by atoms with Gasteiger partial charge in [-0.15, -0.1) is 0 Å². The molecule has 0 aromatic rings. The zero-order valence-corrected chi connectivity index (χ0v) is 10.4. The first kappa shape index (κ1) is 11.6. The molecule has 3 heteroatoms. The fourth-order valence-electron chi connectivity index (χ4n) is 3.09. The van der Waals surface area contributed by atoms with Crippen molar-refractivity contribution in [2.45, 2.75) is 74.4 Å². The van der Waals surface area contributed by atoms with Gasteiger partial charge in [0.05, 0.1) is 5.60 Å². The van der Waals surface area contributed by atoms with Gasteiger partial charge in [-0.25, -0.2) is 0 Å². The van der Waals surface area contributed by atoms with Crippen LogP contribution in [-0.4, -0.2) is 25.4 Å². The van der Waals surface area contributed by atoms with Crippen LogP contribution in [0.4, 0.5) is 0 Å². The summed E-state index contributed by atoms with van der Waals surface area (Å²) in [6.07, 6.45) is 8.07. The number of hydrogen-bond acceptors (Lipinski definition) is 2. The van der Waals surface area contributed by atoms with E-state index in [0.717, 1.165) is 44.9 Å². The molecule has 2 fully saturated rings. The zero-order valence-electron chi connectivity index (χ0n) is 9.58. The summed E-state index contributed by atoms with van der Waals surface area (Å²) in [6, 6.07) is 0. The minimum absolute atomic E-state index is 0.291. The predicted octanol–water partition coefficient (Wildman–Crippen LogP) is 2.37. The average Bonchev–Trinajstić information content (AvgIpc) is 2.18. The van der Waals surface area contributed by atoms with Crippen molar-refractivity contribution < 1.29 is 9.32 Å². The minimum atomic E-state index is -0.648. The van der Waals surface area contributed by atoms with Crippen molar-refractivity contribution >= 4 is 10.8 Å². The maximum atomic E-state index is 12.0. The molecule has 2 heterocycles. The Kier molecular flexibility index (Phi) is 3.51. The summed E-state index contributed by atoms with van der Waals surface area (Å²) < 4.78 is 12.0. The zero-order chi connectivity index (χ0) is 10.9. The third-order valence-electron chi connectivity index (χ3n) is 3.92. The summed E-state index contributed by atoms with van der Waals surface area (Å²) >= 11 is 0. The average molecular weight is 230 g/mol. The number of aliphatic hydroxyl groups is 1. The summed E-state index contributed by atoms with van der Waals surface area (Å²) in [6.45, 7) is 2.16. The third-order valence-corrected chi connectivity index (χ3v) is 6.04. The van der Waals surface area contributed by atoms with Crippen molar-refractivity contribution in [1.82, 2.24) is 0 Å². The molecule has 2 aliphatic heterocycles. The highest BCUT2D eigenvalue weighted by Gasteiger charge is 2.44. The van der Waals surface area contributed by atoms with Crippen LogP contribution in [-0.2, 0) is 10.8 Å². The molecule has 0 radical (unpaired) electrons. The summed E-state index contributed by atoms with van der Waals surface area (Å²) in [7, 11) is -0.648. The molecule has 0 aromatic carbocycles. The van der Waals surface area contributed by atoms with Crippen LogP contribution in [0.5, 0.6) is 0 Å². The Morgan fingerprint density at radius 1 is 1.33 bits per heavy atom.